The molecule has 0 fully saturated rings. The Morgan fingerprint density at radius 1 is 1.11 bits per heavy atom. The quantitative estimate of drug-likeness (QED) is 0.527. The maximum atomic E-state index is 12.7. The minimum absolute atomic E-state index is 0.229. The van der Waals surface area contributed by atoms with Crippen LogP contribution < -0.4 is 19.6 Å². The Morgan fingerprint density at radius 3 is 2.56 bits per heavy atom. The molecule has 0 unspecified atom stereocenters. The van der Waals surface area contributed by atoms with Gasteiger partial charge in [0.25, 0.3) is 5.56 Å². The zero-order valence-corrected chi connectivity index (χ0v) is 16.0. The van der Waals surface area contributed by atoms with Crippen LogP contribution in [0.3, 0.4) is 0 Å². The number of halogens is 1. The number of hydrogen-bond acceptors (Lipinski definition) is 6. The Morgan fingerprint density at radius 2 is 1.89 bits per heavy atom. The molecule has 8 heteroatoms. The average molecular weight is 400 g/mol. The first-order valence-corrected chi connectivity index (χ1v) is 9.18. The molecule has 136 valence electrons. The van der Waals surface area contributed by atoms with E-state index < -0.39 is 0 Å². The van der Waals surface area contributed by atoms with Gasteiger partial charge in [-0.15, -0.1) is 5.10 Å². The summed E-state index contributed by atoms with van der Waals surface area (Å²) in [6, 6.07) is 12.6. The van der Waals surface area contributed by atoms with E-state index >= 15 is 0 Å². The highest BCUT2D eigenvalue weighted by Crippen LogP contribution is 2.24. The fourth-order valence-electron chi connectivity index (χ4n) is 2.65. The fourth-order valence-corrected chi connectivity index (χ4v) is 3.67. The van der Waals surface area contributed by atoms with Crippen molar-refractivity contribution in [3.05, 3.63) is 67.9 Å². The predicted molar refractivity (Wildman–Crippen MR) is 106 cm³/mol. The van der Waals surface area contributed by atoms with Crippen molar-refractivity contribution in [2.45, 2.75) is 0 Å². The monoisotopic (exact) mass is 399 g/mol. The molecular weight excluding hydrogens is 386 g/mol. The molecule has 0 N–H and O–H groups in total. The van der Waals surface area contributed by atoms with Crippen LogP contribution in [0.25, 0.3) is 22.4 Å². The normalized spacial score (nSPS) is 11.9. The van der Waals surface area contributed by atoms with Crippen LogP contribution in [0.1, 0.15) is 5.56 Å². The minimum Gasteiger partial charge on any atom is -0.497 e. The van der Waals surface area contributed by atoms with Gasteiger partial charge in [-0.05, 0) is 48.5 Å². The van der Waals surface area contributed by atoms with Gasteiger partial charge in [-0.2, -0.15) is 9.50 Å². The second-order valence-corrected chi connectivity index (χ2v) is 7.11. The summed E-state index contributed by atoms with van der Waals surface area (Å²) in [5, 5.41) is 4.97. The van der Waals surface area contributed by atoms with E-state index in [1.807, 2.05) is 18.2 Å². The number of methoxy groups -OCH3 is 2. The molecule has 0 bridgehead atoms. The summed E-state index contributed by atoms with van der Waals surface area (Å²) in [4.78, 5) is 17.7. The predicted octanol–water partition coefficient (Wildman–Crippen LogP) is 3.04. The van der Waals surface area contributed by atoms with Crippen molar-refractivity contribution in [3.63, 3.8) is 0 Å². The lowest BCUT2D eigenvalue weighted by molar-refractivity contribution is 0.402. The van der Waals surface area contributed by atoms with Crippen molar-refractivity contribution in [3.8, 4) is 22.9 Å². The van der Waals surface area contributed by atoms with Crippen molar-refractivity contribution in [2.75, 3.05) is 14.2 Å². The number of benzene rings is 2. The highest BCUT2D eigenvalue weighted by molar-refractivity contribution is 7.15. The summed E-state index contributed by atoms with van der Waals surface area (Å²) >= 11 is 7.18. The summed E-state index contributed by atoms with van der Waals surface area (Å²) in [6.07, 6.45) is 1.76. The summed E-state index contributed by atoms with van der Waals surface area (Å²) in [5.74, 6) is 1.82. The molecule has 6 nitrogen and oxygen atoms in total. The van der Waals surface area contributed by atoms with E-state index in [0.717, 1.165) is 11.1 Å². The van der Waals surface area contributed by atoms with Gasteiger partial charge in [0, 0.05) is 16.1 Å². The molecule has 4 rings (SSSR count). The first kappa shape index (κ1) is 17.5. The lowest BCUT2D eigenvalue weighted by Gasteiger charge is -2.06. The number of aromatic nitrogens is 3. The Bertz CT molecular complexity index is 1230. The molecular formula is C19H14ClN3O3S. The van der Waals surface area contributed by atoms with Gasteiger partial charge in [0.1, 0.15) is 11.5 Å². The van der Waals surface area contributed by atoms with Gasteiger partial charge in [-0.25, -0.2) is 0 Å². The fraction of sp³-hybridized carbons (Fsp3) is 0.105. The van der Waals surface area contributed by atoms with E-state index in [1.165, 1.54) is 15.9 Å². The van der Waals surface area contributed by atoms with Gasteiger partial charge >= 0.3 is 0 Å². The number of rotatable bonds is 4. The standard InChI is InChI=1S/C19H14ClN3O3S/c1-25-14-7-8-15(26-2)12(9-14)10-16-18(24)23-19(27-16)21-17(22-23)11-3-5-13(20)6-4-11/h3-10H,1-2H3/b16-10+. The Labute approximate surface area is 163 Å². The molecule has 0 aliphatic heterocycles. The lowest BCUT2D eigenvalue weighted by atomic mass is 10.2. The van der Waals surface area contributed by atoms with Crippen LogP contribution in [0.2, 0.25) is 5.02 Å². The lowest BCUT2D eigenvalue weighted by Crippen LogP contribution is -2.23. The molecule has 0 radical (unpaired) electrons. The first-order valence-electron chi connectivity index (χ1n) is 7.98. The van der Waals surface area contributed by atoms with Gasteiger partial charge in [-0.1, -0.05) is 22.9 Å². The van der Waals surface area contributed by atoms with Crippen molar-refractivity contribution >= 4 is 34.0 Å². The Hall–Kier alpha value is -2.90. The van der Waals surface area contributed by atoms with Crippen molar-refractivity contribution in [1.82, 2.24) is 14.6 Å². The zero-order valence-electron chi connectivity index (χ0n) is 14.5. The maximum Gasteiger partial charge on any atom is 0.291 e. The van der Waals surface area contributed by atoms with E-state index in [9.17, 15) is 4.79 Å². The number of fused-ring (bicyclic) bond motifs is 1. The number of thiazole rings is 1. The molecule has 0 atom stereocenters. The first-order chi connectivity index (χ1) is 13.1. The number of nitrogens with zero attached hydrogens (tertiary/aromatic N) is 3. The largest absolute Gasteiger partial charge is 0.497 e. The molecule has 2 aromatic heterocycles. The third kappa shape index (κ3) is 3.27. The van der Waals surface area contributed by atoms with Crippen molar-refractivity contribution < 1.29 is 9.47 Å². The molecule has 0 aliphatic carbocycles. The van der Waals surface area contributed by atoms with Crippen LogP contribution in [0.15, 0.2) is 47.3 Å². The van der Waals surface area contributed by atoms with E-state index in [0.29, 0.717) is 31.8 Å². The highest BCUT2D eigenvalue weighted by Gasteiger charge is 2.12. The van der Waals surface area contributed by atoms with E-state index in [2.05, 4.69) is 10.1 Å². The second kappa shape index (κ2) is 7.02. The summed E-state index contributed by atoms with van der Waals surface area (Å²) in [5.41, 5.74) is 1.32. The third-order valence-electron chi connectivity index (χ3n) is 4.01. The summed E-state index contributed by atoms with van der Waals surface area (Å²) in [6.45, 7) is 0. The van der Waals surface area contributed by atoms with E-state index in [1.54, 1.807) is 44.6 Å². The Balaban J connectivity index is 1.81. The summed E-state index contributed by atoms with van der Waals surface area (Å²) < 4.78 is 12.4. The average Bonchev–Trinajstić information content (AvgIpc) is 3.22. The van der Waals surface area contributed by atoms with Gasteiger partial charge < -0.3 is 9.47 Å². The summed E-state index contributed by atoms with van der Waals surface area (Å²) in [7, 11) is 3.17. The van der Waals surface area contributed by atoms with Crippen LogP contribution in [0, 0.1) is 0 Å². The molecule has 0 saturated heterocycles. The molecule has 2 heterocycles. The second-order valence-electron chi connectivity index (χ2n) is 5.66. The van der Waals surface area contributed by atoms with Crippen LogP contribution in [0.5, 0.6) is 11.5 Å². The topological polar surface area (TPSA) is 65.7 Å². The van der Waals surface area contributed by atoms with Crippen LogP contribution >= 0.6 is 22.9 Å². The third-order valence-corrected chi connectivity index (χ3v) is 5.22. The minimum atomic E-state index is -0.229. The van der Waals surface area contributed by atoms with Gasteiger partial charge in [0.2, 0.25) is 4.96 Å². The Kier molecular flexibility index (Phi) is 4.55. The smallest absolute Gasteiger partial charge is 0.291 e. The molecule has 0 saturated carbocycles. The number of hydrogen-bond donors (Lipinski definition) is 0. The molecule has 0 aliphatic rings. The molecule has 0 spiro atoms. The zero-order chi connectivity index (χ0) is 19.0. The van der Waals surface area contributed by atoms with E-state index in [-0.39, 0.29) is 5.56 Å². The van der Waals surface area contributed by atoms with E-state index in [4.69, 9.17) is 21.1 Å². The maximum absolute atomic E-state index is 12.7. The van der Waals surface area contributed by atoms with Crippen molar-refractivity contribution in [1.29, 1.82) is 0 Å². The van der Waals surface area contributed by atoms with Crippen LogP contribution in [0.4, 0.5) is 0 Å². The molecule has 4 aromatic rings. The van der Waals surface area contributed by atoms with Crippen molar-refractivity contribution in [2.24, 2.45) is 0 Å². The molecule has 2 aromatic carbocycles. The number of ether oxygens (including phenoxy) is 2. The molecule has 0 amide bonds. The van der Waals surface area contributed by atoms with Crippen LogP contribution in [-0.2, 0) is 0 Å². The highest BCUT2D eigenvalue weighted by atomic mass is 35.5. The van der Waals surface area contributed by atoms with Crippen LogP contribution in [-0.4, -0.2) is 28.8 Å². The SMILES string of the molecule is COc1ccc(OC)c(/C=c2/sc3nc(-c4ccc(Cl)cc4)nn3c2=O)c1. The molecule has 27 heavy (non-hydrogen) atoms. The van der Waals surface area contributed by atoms with Gasteiger partial charge in [0.05, 0.1) is 18.8 Å². The van der Waals surface area contributed by atoms with Gasteiger partial charge in [-0.3, -0.25) is 4.79 Å². The van der Waals surface area contributed by atoms with Gasteiger partial charge in [0.15, 0.2) is 5.82 Å².